The van der Waals surface area contributed by atoms with Gasteiger partial charge in [-0.3, -0.25) is 14.6 Å². The number of H-pyrrole nitrogens is 1. The van der Waals surface area contributed by atoms with Gasteiger partial charge in [0.25, 0.3) is 5.56 Å². The largest absolute Gasteiger partial charge is 0.425 e. The van der Waals surface area contributed by atoms with Crippen LogP contribution in [0.1, 0.15) is 56.7 Å². The summed E-state index contributed by atoms with van der Waals surface area (Å²) in [7, 11) is 0. The number of aromatic nitrogens is 4. The zero-order valence-electron chi connectivity index (χ0n) is 15.0. The molecule has 0 bridgehead atoms. The molecule has 9 heteroatoms. The third-order valence-corrected chi connectivity index (χ3v) is 4.61. The van der Waals surface area contributed by atoms with Gasteiger partial charge in [-0.2, -0.15) is 0 Å². The van der Waals surface area contributed by atoms with Gasteiger partial charge in [-0.25, -0.2) is 4.79 Å². The van der Waals surface area contributed by atoms with Crippen LogP contribution in [0.15, 0.2) is 26.3 Å². The van der Waals surface area contributed by atoms with Gasteiger partial charge in [0.1, 0.15) is 0 Å². The highest BCUT2D eigenvalue weighted by atomic mass is 16.4. The van der Waals surface area contributed by atoms with Gasteiger partial charge in [-0.15, -0.1) is 10.2 Å². The molecule has 2 aromatic heterocycles. The van der Waals surface area contributed by atoms with Crippen LogP contribution >= 0.6 is 0 Å². The summed E-state index contributed by atoms with van der Waals surface area (Å²) < 4.78 is 7.05. The Hall–Kier alpha value is -2.71. The molecule has 26 heavy (non-hydrogen) atoms. The van der Waals surface area contributed by atoms with Gasteiger partial charge in [0.15, 0.2) is 0 Å². The number of aromatic amines is 1. The minimum absolute atomic E-state index is 0.00468. The molecule has 0 aliphatic carbocycles. The molecular weight excluding hydrogens is 338 g/mol. The number of nitrogens with one attached hydrogen (secondary N) is 1. The molecule has 0 radical (unpaired) electrons. The van der Waals surface area contributed by atoms with Crippen LogP contribution in [0.4, 0.5) is 0 Å². The summed E-state index contributed by atoms with van der Waals surface area (Å²) in [6, 6.07) is 1.27. The van der Waals surface area contributed by atoms with Crippen molar-refractivity contribution in [2.75, 3.05) is 13.1 Å². The number of likely N-dealkylation sites (tertiary alicyclic amines) is 1. The van der Waals surface area contributed by atoms with Gasteiger partial charge in [-0.05, 0) is 12.8 Å². The van der Waals surface area contributed by atoms with E-state index in [9.17, 15) is 14.4 Å². The van der Waals surface area contributed by atoms with E-state index in [2.05, 4.69) is 15.2 Å². The van der Waals surface area contributed by atoms with Gasteiger partial charge in [0.2, 0.25) is 17.7 Å². The monoisotopic (exact) mass is 361 g/mol. The number of hydrogen-bond acceptors (Lipinski definition) is 6. The summed E-state index contributed by atoms with van der Waals surface area (Å²) in [5.74, 6) is 1.68. The van der Waals surface area contributed by atoms with Gasteiger partial charge in [0, 0.05) is 50.2 Å². The second kappa shape index (κ2) is 7.67. The highest BCUT2D eigenvalue weighted by Gasteiger charge is 2.27. The van der Waals surface area contributed by atoms with Crippen LogP contribution in [0.5, 0.6) is 0 Å². The average Bonchev–Trinajstić information content (AvgIpc) is 3.11. The van der Waals surface area contributed by atoms with Crippen molar-refractivity contribution in [1.82, 2.24) is 24.6 Å². The zero-order valence-corrected chi connectivity index (χ0v) is 15.0. The molecule has 1 N–H and O–H groups in total. The highest BCUT2D eigenvalue weighted by molar-refractivity contribution is 5.76. The molecule has 140 valence electrons. The molecule has 3 rings (SSSR count). The predicted octanol–water partition coefficient (Wildman–Crippen LogP) is 0.839. The minimum atomic E-state index is -0.499. The van der Waals surface area contributed by atoms with Crippen LogP contribution in [-0.4, -0.2) is 43.6 Å². The first-order chi connectivity index (χ1) is 12.4. The molecule has 3 heterocycles. The Morgan fingerprint density at radius 1 is 1.31 bits per heavy atom. The second-order valence-electron chi connectivity index (χ2n) is 6.84. The standard InChI is InChI=1S/C17H23N5O4/c1-11(2)15-19-20-16(26-15)12-3-7-21(8-4-12)14(24)6-10-22-9-5-13(23)18-17(22)25/h5,9,11-12H,3-4,6-8,10H2,1-2H3,(H,18,23,25). The van der Waals surface area contributed by atoms with Crippen molar-refractivity contribution in [3.05, 3.63) is 44.9 Å². The molecule has 0 atom stereocenters. The Labute approximate surface area is 150 Å². The van der Waals surface area contributed by atoms with E-state index in [0.29, 0.717) is 24.9 Å². The van der Waals surface area contributed by atoms with Crippen molar-refractivity contribution < 1.29 is 9.21 Å². The SMILES string of the molecule is CC(C)c1nnc(C2CCN(C(=O)CCn3ccc(=O)[nH]c3=O)CC2)o1. The van der Waals surface area contributed by atoms with E-state index in [4.69, 9.17) is 4.42 Å². The lowest BCUT2D eigenvalue weighted by Gasteiger charge is -2.30. The molecule has 0 saturated carbocycles. The predicted molar refractivity (Wildman–Crippen MR) is 92.9 cm³/mol. The first-order valence-corrected chi connectivity index (χ1v) is 8.85. The molecule has 2 aromatic rings. The first kappa shape index (κ1) is 18.1. The fraction of sp³-hybridized carbons (Fsp3) is 0.588. The molecule has 0 unspecified atom stereocenters. The topological polar surface area (TPSA) is 114 Å². The number of aryl methyl sites for hydroxylation is 1. The molecule has 1 aliphatic rings. The maximum absolute atomic E-state index is 12.4. The lowest BCUT2D eigenvalue weighted by atomic mass is 9.96. The van der Waals surface area contributed by atoms with Crippen LogP contribution in [0.25, 0.3) is 0 Å². The molecule has 0 aromatic carbocycles. The van der Waals surface area contributed by atoms with Gasteiger partial charge < -0.3 is 13.9 Å². The number of hydrogen-bond donors (Lipinski definition) is 1. The van der Waals surface area contributed by atoms with Crippen molar-refractivity contribution in [1.29, 1.82) is 0 Å². The summed E-state index contributed by atoms with van der Waals surface area (Å²) in [6.07, 6.45) is 3.19. The zero-order chi connectivity index (χ0) is 18.7. The maximum Gasteiger partial charge on any atom is 0.328 e. The Morgan fingerprint density at radius 3 is 2.65 bits per heavy atom. The van der Waals surface area contributed by atoms with Crippen molar-refractivity contribution in [3.63, 3.8) is 0 Å². The lowest BCUT2D eigenvalue weighted by molar-refractivity contribution is -0.132. The number of nitrogens with zero attached hydrogens (tertiary/aromatic N) is 4. The molecule has 1 fully saturated rings. The summed E-state index contributed by atoms with van der Waals surface area (Å²) >= 11 is 0. The molecule has 0 spiro atoms. The Morgan fingerprint density at radius 2 is 2.04 bits per heavy atom. The average molecular weight is 361 g/mol. The normalized spacial score (nSPS) is 15.6. The third-order valence-electron chi connectivity index (χ3n) is 4.61. The molecule has 1 saturated heterocycles. The minimum Gasteiger partial charge on any atom is -0.425 e. The van der Waals surface area contributed by atoms with Crippen molar-refractivity contribution in [2.24, 2.45) is 0 Å². The van der Waals surface area contributed by atoms with E-state index < -0.39 is 11.2 Å². The van der Waals surface area contributed by atoms with Crippen LogP contribution in [0.2, 0.25) is 0 Å². The van der Waals surface area contributed by atoms with Crippen LogP contribution < -0.4 is 11.2 Å². The summed E-state index contributed by atoms with van der Waals surface area (Å²) in [5.41, 5.74) is -0.942. The smallest absolute Gasteiger partial charge is 0.328 e. The summed E-state index contributed by atoms with van der Waals surface area (Å²) in [6.45, 7) is 5.52. The molecule has 1 amide bonds. The van der Waals surface area contributed by atoms with E-state index in [1.807, 2.05) is 13.8 Å². The number of amides is 1. The number of carbonyl (C=O) groups is 1. The van der Waals surface area contributed by atoms with E-state index in [1.54, 1.807) is 4.90 Å². The second-order valence-corrected chi connectivity index (χ2v) is 6.84. The third kappa shape index (κ3) is 4.09. The van der Waals surface area contributed by atoms with Crippen molar-refractivity contribution in [2.45, 2.75) is 51.5 Å². The van der Waals surface area contributed by atoms with Gasteiger partial charge >= 0.3 is 5.69 Å². The van der Waals surface area contributed by atoms with Crippen LogP contribution in [0.3, 0.4) is 0 Å². The summed E-state index contributed by atoms with van der Waals surface area (Å²) in [5, 5.41) is 8.20. The molecular formula is C17H23N5O4. The van der Waals surface area contributed by atoms with Crippen molar-refractivity contribution in [3.8, 4) is 0 Å². The van der Waals surface area contributed by atoms with Crippen LogP contribution in [-0.2, 0) is 11.3 Å². The van der Waals surface area contributed by atoms with E-state index in [0.717, 1.165) is 12.8 Å². The van der Waals surface area contributed by atoms with E-state index in [-0.39, 0.29) is 30.7 Å². The Bertz CT molecular complexity index is 874. The Kier molecular flexibility index (Phi) is 5.34. The maximum atomic E-state index is 12.4. The number of rotatable bonds is 5. The lowest BCUT2D eigenvalue weighted by Crippen LogP contribution is -2.39. The first-order valence-electron chi connectivity index (χ1n) is 8.85. The molecule has 9 nitrogen and oxygen atoms in total. The van der Waals surface area contributed by atoms with Crippen LogP contribution in [0, 0.1) is 0 Å². The van der Waals surface area contributed by atoms with Gasteiger partial charge in [0.05, 0.1) is 0 Å². The van der Waals surface area contributed by atoms with Crippen molar-refractivity contribution >= 4 is 5.91 Å². The fourth-order valence-corrected chi connectivity index (χ4v) is 3.02. The fourth-order valence-electron chi connectivity index (χ4n) is 3.02. The molecule has 1 aliphatic heterocycles. The van der Waals surface area contributed by atoms with Gasteiger partial charge in [-0.1, -0.05) is 13.8 Å². The summed E-state index contributed by atoms with van der Waals surface area (Å²) in [4.78, 5) is 39.0. The van der Waals surface area contributed by atoms with E-state index >= 15 is 0 Å². The number of carbonyl (C=O) groups excluding carboxylic acids is 1. The highest BCUT2D eigenvalue weighted by Crippen LogP contribution is 2.28. The Balaban J connectivity index is 1.51. The number of piperidine rings is 1. The van der Waals surface area contributed by atoms with E-state index in [1.165, 1.54) is 16.8 Å². The quantitative estimate of drug-likeness (QED) is 0.844.